The van der Waals surface area contributed by atoms with E-state index in [4.69, 9.17) is 9.84 Å². The number of aliphatic hydroxyl groups excluding tert-OH is 1. The maximum absolute atomic E-state index is 8.93. The number of hydrogen-bond donors (Lipinski definition) is 2. The van der Waals surface area contributed by atoms with Gasteiger partial charge < -0.3 is 15.2 Å². The second kappa shape index (κ2) is 7.70. The van der Waals surface area contributed by atoms with E-state index in [1.807, 2.05) is 49.4 Å². The van der Waals surface area contributed by atoms with Gasteiger partial charge in [0.25, 0.3) is 0 Å². The highest BCUT2D eigenvalue weighted by Crippen LogP contribution is 2.27. The Labute approximate surface area is 126 Å². The lowest BCUT2D eigenvalue weighted by atomic mass is 10.1. The summed E-state index contributed by atoms with van der Waals surface area (Å²) in [5, 5.41) is 12.4. The fraction of sp³-hybridized carbons (Fsp3) is 0.333. The maximum atomic E-state index is 8.93. The molecule has 0 saturated heterocycles. The highest BCUT2D eigenvalue weighted by Gasteiger charge is 2.10. The average Bonchev–Trinajstić information content (AvgIpc) is 2.50. The molecule has 2 aromatic carbocycles. The molecule has 0 heterocycles. The summed E-state index contributed by atoms with van der Waals surface area (Å²) < 4.78 is 5.68. The van der Waals surface area contributed by atoms with Crippen molar-refractivity contribution >= 4 is 5.69 Å². The Kier molecular flexibility index (Phi) is 5.64. The van der Waals surface area contributed by atoms with Crippen LogP contribution in [-0.4, -0.2) is 18.3 Å². The van der Waals surface area contributed by atoms with Gasteiger partial charge in [-0.05, 0) is 44.0 Å². The number of benzene rings is 2. The third-order valence-corrected chi connectivity index (χ3v) is 3.42. The van der Waals surface area contributed by atoms with Gasteiger partial charge in [0.05, 0.1) is 12.6 Å². The molecule has 0 spiro atoms. The molecule has 3 heteroatoms. The van der Waals surface area contributed by atoms with Crippen LogP contribution in [0.2, 0.25) is 0 Å². The number of ether oxygens (including phenoxy) is 1. The van der Waals surface area contributed by atoms with Crippen molar-refractivity contribution in [2.75, 3.05) is 18.5 Å². The van der Waals surface area contributed by atoms with Gasteiger partial charge in [-0.1, -0.05) is 30.3 Å². The van der Waals surface area contributed by atoms with Crippen molar-refractivity contribution in [3.8, 4) is 5.75 Å². The molecule has 0 aliphatic rings. The Hall–Kier alpha value is -2.00. The van der Waals surface area contributed by atoms with E-state index in [1.165, 1.54) is 0 Å². The highest BCUT2D eigenvalue weighted by molar-refractivity contribution is 5.48. The van der Waals surface area contributed by atoms with Gasteiger partial charge in [0.2, 0.25) is 0 Å². The van der Waals surface area contributed by atoms with Crippen LogP contribution in [0.1, 0.15) is 31.0 Å². The Morgan fingerprint density at radius 2 is 1.81 bits per heavy atom. The normalized spacial score (nSPS) is 12.0. The van der Waals surface area contributed by atoms with Gasteiger partial charge in [-0.2, -0.15) is 0 Å². The number of hydrogen-bond acceptors (Lipinski definition) is 3. The molecule has 1 atom stereocenters. The van der Waals surface area contributed by atoms with E-state index in [1.54, 1.807) is 0 Å². The maximum Gasteiger partial charge on any atom is 0.124 e. The third-order valence-electron chi connectivity index (χ3n) is 3.42. The molecule has 2 aromatic rings. The summed E-state index contributed by atoms with van der Waals surface area (Å²) in [5.74, 6) is 0.928. The first-order valence-electron chi connectivity index (χ1n) is 7.42. The first-order chi connectivity index (χ1) is 10.2. The topological polar surface area (TPSA) is 41.5 Å². The van der Waals surface area contributed by atoms with Gasteiger partial charge in [-0.25, -0.2) is 0 Å². The zero-order valence-electron chi connectivity index (χ0n) is 12.7. The average molecular weight is 285 g/mol. The Balaban J connectivity index is 2.08. The standard InChI is InChI=1S/C18H23NO2/c1-3-21-18-7-5-4-6-17(18)14(2)19-16-10-8-15(9-11-16)12-13-20/h4-11,14,19-20H,3,12-13H2,1-2H3. The number of aliphatic hydroxyl groups is 1. The van der Waals surface area contributed by atoms with Crippen molar-refractivity contribution in [3.05, 3.63) is 59.7 Å². The van der Waals surface area contributed by atoms with E-state index in [0.717, 1.165) is 22.6 Å². The second-order valence-electron chi connectivity index (χ2n) is 5.01. The van der Waals surface area contributed by atoms with Gasteiger partial charge in [0.15, 0.2) is 0 Å². The fourth-order valence-electron chi connectivity index (χ4n) is 2.35. The fourth-order valence-corrected chi connectivity index (χ4v) is 2.35. The molecule has 2 rings (SSSR count). The number of rotatable bonds is 7. The molecule has 0 aliphatic carbocycles. The zero-order valence-corrected chi connectivity index (χ0v) is 12.7. The van der Waals surface area contributed by atoms with Crippen molar-refractivity contribution < 1.29 is 9.84 Å². The van der Waals surface area contributed by atoms with E-state index < -0.39 is 0 Å². The van der Waals surface area contributed by atoms with Gasteiger partial charge in [0.1, 0.15) is 5.75 Å². The van der Waals surface area contributed by atoms with Crippen molar-refractivity contribution in [2.45, 2.75) is 26.3 Å². The molecule has 1 unspecified atom stereocenters. The van der Waals surface area contributed by atoms with E-state index in [9.17, 15) is 0 Å². The molecule has 2 N–H and O–H groups in total. The van der Waals surface area contributed by atoms with Crippen molar-refractivity contribution in [2.24, 2.45) is 0 Å². The summed E-state index contributed by atoms with van der Waals surface area (Å²) in [6.07, 6.45) is 0.697. The monoisotopic (exact) mass is 285 g/mol. The van der Waals surface area contributed by atoms with Crippen LogP contribution in [0.15, 0.2) is 48.5 Å². The van der Waals surface area contributed by atoms with Crippen LogP contribution < -0.4 is 10.1 Å². The van der Waals surface area contributed by atoms with Gasteiger partial charge >= 0.3 is 0 Å². The molecule has 0 amide bonds. The SMILES string of the molecule is CCOc1ccccc1C(C)Nc1ccc(CCO)cc1. The minimum absolute atomic E-state index is 0.163. The van der Waals surface area contributed by atoms with Gasteiger partial charge in [-0.3, -0.25) is 0 Å². The number of anilines is 1. The molecule has 21 heavy (non-hydrogen) atoms. The van der Waals surface area contributed by atoms with Crippen LogP contribution in [0.4, 0.5) is 5.69 Å². The van der Waals surface area contributed by atoms with Crippen LogP contribution in [0.3, 0.4) is 0 Å². The highest BCUT2D eigenvalue weighted by atomic mass is 16.5. The summed E-state index contributed by atoms with van der Waals surface area (Å²) in [6.45, 7) is 4.97. The number of para-hydroxylation sites is 1. The van der Waals surface area contributed by atoms with Crippen LogP contribution in [0.5, 0.6) is 5.75 Å². The largest absolute Gasteiger partial charge is 0.494 e. The lowest BCUT2D eigenvalue weighted by Crippen LogP contribution is -2.09. The minimum Gasteiger partial charge on any atom is -0.494 e. The lowest BCUT2D eigenvalue weighted by Gasteiger charge is -2.19. The summed E-state index contributed by atoms with van der Waals surface area (Å²) in [6, 6.07) is 16.4. The first-order valence-corrected chi connectivity index (χ1v) is 7.42. The summed E-state index contributed by atoms with van der Waals surface area (Å²) in [4.78, 5) is 0. The summed E-state index contributed by atoms with van der Waals surface area (Å²) in [5.41, 5.74) is 3.36. The number of nitrogens with one attached hydrogen (secondary N) is 1. The molecule has 0 radical (unpaired) electrons. The van der Waals surface area contributed by atoms with E-state index in [2.05, 4.69) is 18.3 Å². The van der Waals surface area contributed by atoms with Crippen LogP contribution >= 0.6 is 0 Å². The molecule has 0 bridgehead atoms. The molecule has 112 valence electrons. The molecule has 0 fully saturated rings. The van der Waals surface area contributed by atoms with E-state index in [-0.39, 0.29) is 12.6 Å². The van der Waals surface area contributed by atoms with Crippen LogP contribution in [0, 0.1) is 0 Å². The van der Waals surface area contributed by atoms with Crippen molar-refractivity contribution in [3.63, 3.8) is 0 Å². The van der Waals surface area contributed by atoms with E-state index in [0.29, 0.717) is 13.0 Å². The molecular formula is C18H23NO2. The van der Waals surface area contributed by atoms with E-state index >= 15 is 0 Å². The summed E-state index contributed by atoms with van der Waals surface area (Å²) >= 11 is 0. The van der Waals surface area contributed by atoms with Gasteiger partial charge in [-0.15, -0.1) is 0 Å². The lowest BCUT2D eigenvalue weighted by molar-refractivity contribution is 0.299. The quantitative estimate of drug-likeness (QED) is 0.813. The molecule has 3 nitrogen and oxygen atoms in total. The molecule has 0 saturated carbocycles. The smallest absolute Gasteiger partial charge is 0.124 e. The first kappa shape index (κ1) is 15.4. The van der Waals surface area contributed by atoms with Crippen LogP contribution in [-0.2, 0) is 6.42 Å². The Morgan fingerprint density at radius 3 is 2.48 bits per heavy atom. The Bertz CT molecular complexity index is 551. The van der Waals surface area contributed by atoms with Crippen molar-refractivity contribution in [1.82, 2.24) is 0 Å². The summed E-state index contributed by atoms with van der Waals surface area (Å²) in [7, 11) is 0. The Morgan fingerprint density at radius 1 is 1.10 bits per heavy atom. The van der Waals surface area contributed by atoms with Gasteiger partial charge in [0, 0.05) is 17.9 Å². The van der Waals surface area contributed by atoms with Crippen LogP contribution in [0.25, 0.3) is 0 Å². The predicted molar refractivity (Wildman–Crippen MR) is 86.9 cm³/mol. The molecule has 0 aromatic heterocycles. The zero-order chi connectivity index (χ0) is 15.1. The second-order valence-corrected chi connectivity index (χ2v) is 5.01. The molecule has 0 aliphatic heterocycles. The molecular weight excluding hydrogens is 262 g/mol. The predicted octanol–water partition coefficient (Wildman–Crippen LogP) is 3.79. The third kappa shape index (κ3) is 4.23. The minimum atomic E-state index is 0.163. The van der Waals surface area contributed by atoms with Crippen molar-refractivity contribution in [1.29, 1.82) is 0 Å².